The fraction of sp³-hybridized carbons (Fsp3) is 0.343. The van der Waals surface area contributed by atoms with Crippen molar-refractivity contribution in [2.75, 3.05) is 26.6 Å². The predicted molar refractivity (Wildman–Crippen MR) is 170 cm³/mol. The molecule has 1 N–H and O–H groups in total. The average Bonchev–Trinajstić information content (AvgIpc) is 3.45. The number of aryl methyl sites for hydroxylation is 1. The average molecular weight is 646 g/mol. The van der Waals surface area contributed by atoms with Gasteiger partial charge in [-0.3, -0.25) is 4.79 Å². The molecule has 1 aromatic heterocycles. The van der Waals surface area contributed by atoms with Gasteiger partial charge in [0.15, 0.2) is 6.10 Å². The third-order valence-corrected chi connectivity index (χ3v) is 8.36. The van der Waals surface area contributed by atoms with Crippen molar-refractivity contribution >= 4 is 28.7 Å². The van der Waals surface area contributed by atoms with Crippen molar-refractivity contribution in [3.05, 3.63) is 82.2 Å². The molecular weight excluding hydrogens is 610 g/mol. The second-order valence-electron chi connectivity index (χ2n) is 11.6. The first-order valence-electron chi connectivity index (χ1n) is 15.0. The Morgan fingerprint density at radius 1 is 0.915 bits per heavy atom. The van der Waals surface area contributed by atoms with E-state index in [0.29, 0.717) is 51.3 Å². The molecule has 2 aliphatic heterocycles. The minimum absolute atomic E-state index is 0.0298. The van der Waals surface area contributed by atoms with Crippen LogP contribution in [-0.4, -0.2) is 63.6 Å². The summed E-state index contributed by atoms with van der Waals surface area (Å²) in [5, 5.41) is 3.25. The highest BCUT2D eigenvalue weighted by Gasteiger charge is 2.59. The first-order chi connectivity index (χ1) is 22.6. The van der Waals surface area contributed by atoms with Crippen LogP contribution in [0.15, 0.2) is 69.9 Å². The number of benzene rings is 3. The molecule has 0 unspecified atom stereocenters. The molecule has 4 aromatic rings. The fourth-order valence-electron chi connectivity index (χ4n) is 6.11. The van der Waals surface area contributed by atoms with Gasteiger partial charge in [-0.25, -0.2) is 9.59 Å². The fourth-order valence-corrected chi connectivity index (χ4v) is 6.11. The third-order valence-electron chi connectivity index (χ3n) is 8.36. The van der Waals surface area contributed by atoms with E-state index in [1.165, 1.54) is 7.11 Å². The van der Waals surface area contributed by atoms with Crippen molar-refractivity contribution in [3.63, 3.8) is 0 Å². The van der Waals surface area contributed by atoms with Crippen LogP contribution in [0.2, 0.25) is 0 Å². The van der Waals surface area contributed by atoms with Gasteiger partial charge in [0.2, 0.25) is 12.4 Å². The summed E-state index contributed by atoms with van der Waals surface area (Å²) in [6.45, 7) is 5.50. The molecule has 2 fully saturated rings. The molecule has 0 saturated carbocycles. The molecule has 3 aromatic carbocycles. The van der Waals surface area contributed by atoms with E-state index in [4.69, 9.17) is 37.6 Å². The maximum atomic E-state index is 13.4. The molecule has 2 aliphatic rings. The molecule has 2 saturated heterocycles. The SMILES string of the molecule is CCc1c(O[C@@H]2OC(C)(C)[C@H](OC)[C@H]3OC(=O)O[C@@H]23)ccc2cc(NC(=O)c3ccc(OC)c(-c4cccc(OC)c4)c3)c(=O)oc12. The summed E-state index contributed by atoms with van der Waals surface area (Å²) < 4.78 is 45.4. The van der Waals surface area contributed by atoms with Crippen LogP contribution in [0.5, 0.6) is 17.2 Å². The molecule has 12 heteroatoms. The third kappa shape index (κ3) is 5.97. The molecular formula is C35H35NO11. The Hall–Kier alpha value is -5.07. The first-order valence-corrected chi connectivity index (χ1v) is 15.0. The molecule has 3 heterocycles. The molecule has 0 aliphatic carbocycles. The minimum atomic E-state index is -1.02. The summed E-state index contributed by atoms with van der Waals surface area (Å²) in [5.74, 6) is 1.10. The Morgan fingerprint density at radius 3 is 2.40 bits per heavy atom. The number of methoxy groups -OCH3 is 3. The van der Waals surface area contributed by atoms with E-state index in [-0.39, 0.29) is 5.69 Å². The quantitative estimate of drug-likeness (QED) is 0.176. The highest BCUT2D eigenvalue weighted by molar-refractivity contribution is 6.05. The van der Waals surface area contributed by atoms with Gasteiger partial charge >= 0.3 is 11.8 Å². The lowest BCUT2D eigenvalue weighted by Crippen LogP contribution is -2.62. The molecule has 6 rings (SSSR count). The van der Waals surface area contributed by atoms with Gasteiger partial charge in [-0.2, -0.15) is 0 Å². The van der Waals surface area contributed by atoms with E-state index >= 15 is 0 Å². The lowest BCUT2D eigenvalue weighted by Gasteiger charge is -2.45. The lowest BCUT2D eigenvalue weighted by molar-refractivity contribution is -0.282. The normalized spacial score (nSPS) is 21.4. The van der Waals surface area contributed by atoms with Crippen LogP contribution in [0.25, 0.3) is 22.1 Å². The zero-order valence-electron chi connectivity index (χ0n) is 26.8. The zero-order valence-corrected chi connectivity index (χ0v) is 26.8. The van der Waals surface area contributed by atoms with E-state index in [9.17, 15) is 14.4 Å². The van der Waals surface area contributed by atoms with Crippen LogP contribution in [0.1, 0.15) is 36.7 Å². The second kappa shape index (κ2) is 12.6. The summed E-state index contributed by atoms with van der Waals surface area (Å²) >= 11 is 0. The summed E-state index contributed by atoms with van der Waals surface area (Å²) in [4.78, 5) is 38.6. The Bertz CT molecular complexity index is 1900. The van der Waals surface area contributed by atoms with Crippen LogP contribution in [-0.2, 0) is 25.4 Å². The molecule has 12 nitrogen and oxygen atoms in total. The number of nitrogens with one attached hydrogen (secondary N) is 1. The van der Waals surface area contributed by atoms with Gasteiger partial charge in [-0.05, 0) is 74.4 Å². The zero-order chi connectivity index (χ0) is 33.5. The van der Waals surface area contributed by atoms with Gasteiger partial charge < -0.3 is 42.9 Å². The summed E-state index contributed by atoms with van der Waals surface area (Å²) in [6.07, 6.45) is -3.63. The smallest absolute Gasteiger partial charge is 0.497 e. The van der Waals surface area contributed by atoms with Crippen molar-refractivity contribution in [1.82, 2.24) is 0 Å². The summed E-state index contributed by atoms with van der Waals surface area (Å²) in [6, 6.07) is 17.3. The molecule has 0 bridgehead atoms. The Kier molecular flexibility index (Phi) is 8.56. The number of ether oxygens (including phenoxy) is 7. The van der Waals surface area contributed by atoms with Gasteiger partial charge in [-0.15, -0.1) is 0 Å². The highest BCUT2D eigenvalue weighted by Crippen LogP contribution is 2.40. The van der Waals surface area contributed by atoms with Crippen molar-refractivity contribution < 1.29 is 47.2 Å². The number of carbonyl (C=O) groups excluding carboxylic acids is 2. The molecule has 246 valence electrons. The number of rotatable bonds is 9. The topological polar surface area (TPSA) is 141 Å². The van der Waals surface area contributed by atoms with Gasteiger partial charge in [-0.1, -0.05) is 19.1 Å². The van der Waals surface area contributed by atoms with Crippen LogP contribution in [0.4, 0.5) is 10.5 Å². The van der Waals surface area contributed by atoms with E-state index in [0.717, 1.165) is 5.56 Å². The maximum Gasteiger partial charge on any atom is 0.509 e. The minimum Gasteiger partial charge on any atom is -0.497 e. The second-order valence-corrected chi connectivity index (χ2v) is 11.6. The molecule has 0 radical (unpaired) electrons. The predicted octanol–water partition coefficient (Wildman–Crippen LogP) is 5.72. The Labute approximate surface area is 270 Å². The Balaban J connectivity index is 1.28. The lowest BCUT2D eigenvalue weighted by atomic mass is 9.89. The molecule has 47 heavy (non-hydrogen) atoms. The molecule has 1 amide bonds. The van der Waals surface area contributed by atoms with E-state index in [1.54, 1.807) is 64.5 Å². The molecule has 0 spiro atoms. The van der Waals surface area contributed by atoms with Gasteiger partial charge in [0.25, 0.3) is 5.91 Å². The largest absolute Gasteiger partial charge is 0.509 e. The van der Waals surface area contributed by atoms with Gasteiger partial charge in [0.05, 0.1) is 19.8 Å². The van der Waals surface area contributed by atoms with Crippen LogP contribution in [0, 0.1) is 0 Å². The van der Waals surface area contributed by atoms with Crippen LogP contribution in [0.3, 0.4) is 0 Å². The van der Waals surface area contributed by atoms with E-state index in [1.807, 2.05) is 31.2 Å². The number of fused-ring (bicyclic) bond motifs is 2. The first kappa shape index (κ1) is 31.9. The van der Waals surface area contributed by atoms with Gasteiger partial charge in [0, 0.05) is 29.2 Å². The standard InChI is InChI=1S/C35H35NO11/c1-7-22-26(43-33-29-28(45-34(39)46-29)30(42-6)35(2,3)47-33)14-11-19-17-24(32(38)44-27(19)22)36-31(37)20-12-13-25(41-5)23(16-20)18-9-8-10-21(15-18)40-4/h8-17,28-30,33H,7H2,1-6H3,(H,36,37)/t28-,29+,30+,33+/m0/s1. The van der Waals surface area contributed by atoms with Crippen molar-refractivity contribution in [1.29, 1.82) is 0 Å². The van der Waals surface area contributed by atoms with Crippen LogP contribution >= 0.6 is 0 Å². The van der Waals surface area contributed by atoms with Crippen molar-refractivity contribution in [2.24, 2.45) is 0 Å². The maximum absolute atomic E-state index is 13.4. The van der Waals surface area contributed by atoms with Gasteiger partial charge in [0.1, 0.15) is 34.6 Å². The number of amides is 1. The van der Waals surface area contributed by atoms with Crippen molar-refractivity contribution in [2.45, 2.75) is 57.4 Å². The van der Waals surface area contributed by atoms with E-state index in [2.05, 4.69) is 5.32 Å². The Morgan fingerprint density at radius 2 is 1.68 bits per heavy atom. The monoisotopic (exact) mass is 645 g/mol. The van der Waals surface area contributed by atoms with Crippen LogP contribution < -0.4 is 25.2 Å². The number of anilines is 1. The van der Waals surface area contributed by atoms with E-state index < -0.39 is 47.9 Å². The van der Waals surface area contributed by atoms with Crippen molar-refractivity contribution in [3.8, 4) is 28.4 Å². The summed E-state index contributed by atoms with van der Waals surface area (Å²) in [5.41, 5.74) is 1.01. The number of hydrogen-bond donors (Lipinski definition) is 1. The number of carbonyl (C=O) groups is 2. The summed E-state index contributed by atoms with van der Waals surface area (Å²) in [7, 11) is 4.63. The molecule has 4 atom stereocenters. The highest BCUT2D eigenvalue weighted by atomic mass is 16.8. The number of hydrogen-bond acceptors (Lipinski definition) is 11.